The molecule has 0 aromatic heterocycles. The van der Waals surface area contributed by atoms with Gasteiger partial charge in [0.05, 0.1) is 12.3 Å². The predicted molar refractivity (Wildman–Crippen MR) is 147 cm³/mol. The molecule has 0 aliphatic carbocycles. The Labute approximate surface area is 229 Å². The van der Waals surface area contributed by atoms with E-state index in [4.69, 9.17) is 4.74 Å². The zero-order valence-corrected chi connectivity index (χ0v) is 22.9. The van der Waals surface area contributed by atoms with E-state index in [0.717, 1.165) is 18.4 Å². The minimum atomic E-state index is -0.997. The first kappa shape index (κ1) is 29.7. The lowest BCUT2D eigenvalue weighted by Crippen LogP contribution is -2.42. The summed E-state index contributed by atoms with van der Waals surface area (Å²) in [6.45, 7) is 6.59. The largest absolute Gasteiger partial charge is 0.481 e. The van der Waals surface area contributed by atoms with Crippen LogP contribution in [0.15, 0.2) is 54.6 Å². The predicted octanol–water partition coefficient (Wildman–Crippen LogP) is 3.81. The standard InChI is InChI=1S/C30H39N3O6/c1-30(2,3)39-29(38)31-16-15-22-11-13-23(14-12-22)27(36)32-20-25-18-24(19-26(34)35)28(37)33(25)17-7-10-21-8-5-4-6-9-21/h4-6,8-9,11-14,24-25H,7,10,15-20H2,1-3H3,(H,31,38)(H,32,36)(H,34,35)/t24-,25-/m0/s1. The highest BCUT2D eigenvalue weighted by atomic mass is 16.6. The number of ether oxygens (including phenoxy) is 1. The molecule has 1 fully saturated rings. The Morgan fingerprint density at radius 2 is 1.64 bits per heavy atom. The third-order valence-corrected chi connectivity index (χ3v) is 6.55. The number of rotatable bonds is 12. The molecule has 1 heterocycles. The number of hydrogen-bond acceptors (Lipinski definition) is 5. The van der Waals surface area contributed by atoms with E-state index in [2.05, 4.69) is 10.6 Å². The average molecular weight is 538 g/mol. The number of amides is 3. The summed E-state index contributed by atoms with van der Waals surface area (Å²) in [5.74, 6) is -1.99. The summed E-state index contributed by atoms with van der Waals surface area (Å²) >= 11 is 0. The third-order valence-electron chi connectivity index (χ3n) is 6.55. The fourth-order valence-electron chi connectivity index (χ4n) is 4.70. The fourth-order valence-corrected chi connectivity index (χ4v) is 4.70. The summed E-state index contributed by atoms with van der Waals surface area (Å²) < 4.78 is 5.22. The van der Waals surface area contributed by atoms with Gasteiger partial charge in [0.1, 0.15) is 5.60 Å². The van der Waals surface area contributed by atoms with Crippen molar-refractivity contribution in [2.45, 2.75) is 64.5 Å². The molecule has 2 aromatic carbocycles. The first-order valence-electron chi connectivity index (χ1n) is 13.4. The van der Waals surface area contributed by atoms with Gasteiger partial charge < -0.3 is 25.4 Å². The van der Waals surface area contributed by atoms with Crippen LogP contribution in [0.2, 0.25) is 0 Å². The van der Waals surface area contributed by atoms with E-state index in [0.29, 0.717) is 31.5 Å². The Morgan fingerprint density at radius 3 is 2.28 bits per heavy atom. The number of carboxylic acids is 1. The van der Waals surface area contributed by atoms with Crippen LogP contribution in [0.1, 0.15) is 61.5 Å². The van der Waals surface area contributed by atoms with Crippen LogP contribution in [0, 0.1) is 5.92 Å². The summed E-state index contributed by atoms with van der Waals surface area (Å²) in [5, 5.41) is 14.9. The maximum Gasteiger partial charge on any atom is 0.407 e. The van der Waals surface area contributed by atoms with E-state index in [9.17, 15) is 24.3 Å². The number of nitrogens with one attached hydrogen (secondary N) is 2. The monoisotopic (exact) mass is 537 g/mol. The molecule has 1 aliphatic rings. The van der Waals surface area contributed by atoms with E-state index in [1.807, 2.05) is 42.5 Å². The van der Waals surface area contributed by atoms with Crippen LogP contribution in [0.25, 0.3) is 0 Å². The van der Waals surface area contributed by atoms with Gasteiger partial charge in [0.2, 0.25) is 5.91 Å². The summed E-state index contributed by atoms with van der Waals surface area (Å²) in [5.41, 5.74) is 2.08. The van der Waals surface area contributed by atoms with Crippen molar-refractivity contribution in [3.63, 3.8) is 0 Å². The maximum absolute atomic E-state index is 13.0. The van der Waals surface area contributed by atoms with Crippen molar-refractivity contribution >= 4 is 23.9 Å². The highest BCUT2D eigenvalue weighted by Crippen LogP contribution is 2.27. The number of carbonyl (C=O) groups excluding carboxylic acids is 3. The second-order valence-corrected chi connectivity index (χ2v) is 10.9. The van der Waals surface area contributed by atoms with E-state index in [1.165, 1.54) is 5.56 Å². The molecule has 0 unspecified atom stereocenters. The lowest BCUT2D eigenvalue weighted by atomic mass is 10.0. The van der Waals surface area contributed by atoms with Gasteiger partial charge in [-0.15, -0.1) is 0 Å². The van der Waals surface area contributed by atoms with E-state index in [-0.39, 0.29) is 30.8 Å². The number of carboxylic acid groups (broad SMARTS) is 1. The molecule has 3 N–H and O–H groups in total. The minimum Gasteiger partial charge on any atom is -0.481 e. The van der Waals surface area contributed by atoms with Crippen molar-refractivity contribution in [3.05, 3.63) is 71.3 Å². The highest BCUT2D eigenvalue weighted by molar-refractivity contribution is 5.94. The van der Waals surface area contributed by atoms with E-state index in [1.54, 1.807) is 37.8 Å². The molecule has 3 amide bonds. The average Bonchev–Trinajstić information content (AvgIpc) is 3.16. The number of alkyl carbamates (subject to hydrolysis) is 1. The molecule has 3 rings (SSSR count). The quantitative estimate of drug-likeness (QED) is 0.378. The zero-order chi connectivity index (χ0) is 28.4. The van der Waals surface area contributed by atoms with E-state index < -0.39 is 23.6 Å². The molecule has 2 atom stereocenters. The van der Waals surface area contributed by atoms with Gasteiger partial charge in [-0.1, -0.05) is 42.5 Å². The number of nitrogens with zero attached hydrogens (tertiary/aromatic N) is 1. The lowest BCUT2D eigenvalue weighted by Gasteiger charge is -2.25. The molecule has 1 saturated heterocycles. The van der Waals surface area contributed by atoms with Crippen molar-refractivity contribution in [3.8, 4) is 0 Å². The molecule has 39 heavy (non-hydrogen) atoms. The number of aryl methyl sites for hydroxylation is 1. The zero-order valence-electron chi connectivity index (χ0n) is 22.9. The van der Waals surface area contributed by atoms with Gasteiger partial charge in [0.25, 0.3) is 5.91 Å². The Kier molecular flexibility index (Phi) is 10.5. The van der Waals surface area contributed by atoms with Crippen LogP contribution < -0.4 is 10.6 Å². The number of carbonyl (C=O) groups is 4. The molecule has 0 radical (unpaired) electrons. The molecule has 0 saturated carbocycles. The van der Waals surface area contributed by atoms with Crippen LogP contribution in [0.3, 0.4) is 0 Å². The Morgan fingerprint density at radius 1 is 0.974 bits per heavy atom. The number of benzene rings is 2. The van der Waals surface area contributed by atoms with Crippen LogP contribution >= 0.6 is 0 Å². The summed E-state index contributed by atoms with van der Waals surface area (Å²) in [6.07, 6.45) is 1.89. The maximum atomic E-state index is 13.0. The van der Waals surface area contributed by atoms with E-state index >= 15 is 0 Å². The summed E-state index contributed by atoms with van der Waals surface area (Å²) in [4.78, 5) is 50.6. The van der Waals surface area contributed by atoms with Crippen molar-refractivity contribution in [2.75, 3.05) is 19.6 Å². The van der Waals surface area contributed by atoms with Crippen LogP contribution in [-0.2, 0) is 27.2 Å². The second kappa shape index (κ2) is 13.8. The summed E-state index contributed by atoms with van der Waals surface area (Å²) in [6, 6.07) is 16.9. The normalized spacial score (nSPS) is 17.1. The van der Waals surface area contributed by atoms with Crippen molar-refractivity contribution in [2.24, 2.45) is 5.92 Å². The van der Waals surface area contributed by atoms with Gasteiger partial charge in [0.15, 0.2) is 0 Å². The molecule has 9 nitrogen and oxygen atoms in total. The molecule has 1 aliphatic heterocycles. The van der Waals surface area contributed by atoms with Gasteiger partial charge in [-0.25, -0.2) is 4.79 Å². The van der Waals surface area contributed by atoms with Gasteiger partial charge in [-0.05, 0) is 69.7 Å². The van der Waals surface area contributed by atoms with Gasteiger partial charge in [0, 0.05) is 31.2 Å². The first-order valence-corrected chi connectivity index (χ1v) is 13.4. The van der Waals surface area contributed by atoms with Crippen LogP contribution in [0.5, 0.6) is 0 Å². The van der Waals surface area contributed by atoms with Crippen LogP contribution in [0.4, 0.5) is 4.79 Å². The Bertz CT molecular complexity index is 1130. The number of aliphatic carboxylic acids is 1. The molecule has 2 aromatic rings. The molecular weight excluding hydrogens is 498 g/mol. The van der Waals surface area contributed by atoms with Crippen LogP contribution in [-0.4, -0.2) is 65.2 Å². The fraction of sp³-hybridized carbons (Fsp3) is 0.467. The second-order valence-electron chi connectivity index (χ2n) is 10.9. The number of hydrogen-bond donors (Lipinski definition) is 3. The van der Waals surface area contributed by atoms with Gasteiger partial charge in [-0.3, -0.25) is 14.4 Å². The third kappa shape index (κ3) is 9.74. The van der Waals surface area contributed by atoms with Crippen molar-refractivity contribution < 1.29 is 29.0 Å². The van der Waals surface area contributed by atoms with Crippen molar-refractivity contribution in [1.29, 1.82) is 0 Å². The Hall–Kier alpha value is -3.88. The lowest BCUT2D eigenvalue weighted by molar-refractivity contribution is -0.142. The topological polar surface area (TPSA) is 125 Å². The SMILES string of the molecule is CC(C)(C)OC(=O)NCCc1ccc(C(=O)NC[C@@H]2C[C@@H](CC(=O)O)C(=O)N2CCCc2ccccc2)cc1. The molecular formula is C30H39N3O6. The number of likely N-dealkylation sites (tertiary alicyclic amines) is 1. The highest BCUT2D eigenvalue weighted by Gasteiger charge is 2.40. The first-order chi connectivity index (χ1) is 18.5. The Balaban J connectivity index is 1.51. The molecule has 9 heteroatoms. The smallest absolute Gasteiger partial charge is 0.407 e. The molecule has 210 valence electrons. The van der Waals surface area contributed by atoms with Gasteiger partial charge >= 0.3 is 12.1 Å². The summed E-state index contributed by atoms with van der Waals surface area (Å²) in [7, 11) is 0. The molecule has 0 bridgehead atoms. The van der Waals surface area contributed by atoms with Crippen molar-refractivity contribution in [1.82, 2.24) is 15.5 Å². The minimum absolute atomic E-state index is 0.158. The van der Waals surface area contributed by atoms with Gasteiger partial charge in [-0.2, -0.15) is 0 Å². The molecule has 0 spiro atoms.